The van der Waals surface area contributed by atoms with Crippen molar-refractivity contribution in [2.75, 3.05) is 0 Å². The highest BCUT2D eigenvalue weighted by molar-refractivity contribution is 7.25. The third kappa shape index (κ3) is 4.60. The fourth-order valence-electron chi connectivity index (χ4n) is 8.19. The summed E-state index contributed by atoms with van der Waals surface area (Å²) in [5, 5.41) is 8.72. The monoisotopic (exact) mass is 680 g/mol. The number of halogens is 3. The second-order valence-electron chi connectivity index (χ2n) is 13.1. The first-order chi connectivity index (χ1) is 25.0. The number of benzene rings is 9. The Morgan fingerprint density at radius 2 is 0.725 bits per heavy atom. The van der Waals surface area contributed by atoms with E-state index in [9.17, 15) is 13.2 Å². The number of alkyl halides is 3. The molecule has 0 aliphatic heterocycles. The van der Waals surface area contributed by atoms with Crippen LogP contribution in [0, 0.1) is 0 Å². The van der Waals surface area contributed by atoms with Gasteiger partial charge in [-0.25, -0.2) is 0 Å². The van der Waals surface area contributed by atoms with Crippen LogP contribution >= 0.6 is 11.3 Å². The number of hydrogen-bond donors (Lipinski definition) is 0. The number of fused-ring (bicyclic) bond motifs is 7. The smallest absolute Gasteiger partial charge is 0.166 e. The van der Waals surface area contributed by atoms with Crippen molar-refractivity contribution < 1.29 is 13.2 Å². The molecule has 10 rings (SSSR count). The Kier molecular flexibility index (Phi) is 6.61. The zero-order valence-corrected chi connectivity index (χ0v) is 27.9. The molecule has 0 aliphatic rings. The number of thiophene rings is 1. The average Bonchev–Trinajstić information content (AvgIpc) is 3.52. The third-order valence-electron chi connectivity index (χ3n) is 10.3. The van der Waals surface area contributed by atoms with Crippen LogP contribution in [0.4, 0.5) is 13.2 Å². The highest BCUT2D eigenvalue weighted by atomic mass is 32.1. The molecule has 0 amide bonds. The van der Waals surface area contributed by atoms with Gasteiger partial charge in [-0.3, -0.25) is 0 Å². The molecule has 0 nitrogen and oxygen atoms in total. The molecule has 1 aromatic heterocycles. The van der Waals surface area contributed by atoms with Gasteiger partial charge in [0.1, 0.15) is 0 Å². The Morgan fingerprint density at radius 1 is 0.314 bits per heavy atom. The van der Waals surface area contributed by atoms with E-state index in [0.717, 1.165) is 32.2 Å². The first-order valence-corrected chi connectivity index (χ1v) is 17.7. The molecule has 0 atom stereocenters. The third-order valence-corrected chi connectivity index (χ3v) is 11.4. The minimum absolute atomic E-state index is 0.219. The molecular formula is C47H27F3S. The first kappa shape index (κ1) is 29.9. The van der Waals surface area contributed by atoms with Gasteiger partial charge in [0.05, 0.1) is 5.56 Å². The molecule has 0 spiro atoms. The van der Waals surface area contributed by atoms with Crippen molar-refractivity contribution in [3.05, 3.63) is 169 Å². The van der Waals surface area contributed by atoms with E-state index in [2.05, 4.69) is 115 Å². The fourth-order valence-corrected chi connectivity index (χ4v) is 9.31. The van der Waals surface area contributed by atoms with Crippen LogP contribution in [0.5, 0.6) is 0 Å². The van der Waals surface area contributed by atoms with Crippen LogP contribution < -0.4 is 0 Å². The Balaban J connectivity index is 1.20. The van der Waals surface area contributed by atoms with Crippen LogP contribution in [-0.4, -0.2) is 0 Å². The second kappa shape index (κ2) is 11.3. The Labute approximate surface area is 295 Å². The summed E-state index contributed by atoms with van der Waals surface area (Å²) in [6.45, 7) is 0. The zero-order valence-electron chi connectivity index (χ0n) is 27.1. The van der Waals surface area contributed by atoms with Gasteiger partial charge in [0.15, 0.2) is 0 Å². The fraction of sp³-hybridized carbons (Fsp3) is 0.0213. The van der Waals surface area contributed by atoms with E-state index in [1.165, 1.54) is 42.9 Å². The van der Waals surface area contributed by atoms with Gasteiger partial charge in [0, 0.05) is 20.2 Å². The highest BCUT2D eigenvalue weighted by Crippen LogP contribution is 2.48. The summed E-state index contributed by atoms with van der Waals surface area (Å²) < 4.78 is 46.0. The van der Waals surface area contributed by atoms with Crippen LogP contribution in [0.25, 0.3) is 96.6 Å². The average molecular weight is 681 g/mol. The van der Waals surface area contributed by atoms with Crippen LogP contribution in [0.15, 0.2) is 164 Å². The van der Waals surface area contributed by atoms with E-state index in [1.807, 2.05) is 24.3 Å². The molecule has 0 unspecified atom stereocenters. The lowest BCUT2D eigenvalue weighted by atomic mass is 9.86. The molecule has 0 fully saturated rings. The lowest BCUT2D eigenvalue weighted by molar-refractivity contribution is -0.135. The zero-order chi connectivity index (χ0) is 34.3. The van der Waals surface area contributed by atoms with Gasteiger partial charge in [-0.1, -0.05) is 146 Å². The lowest BCUT2D eigenvalue weighted by Gasteiger charge is -2.19. The first-order valence-electron chi connectivity index (χ1n) is 16.9. The van der Waals surface area contributed by atoms with Crippen molar-refractivity contribution in [3.8, 4) is 33.4 Å². The van der Waals surface area contributed by atoms with Gasteiger partial charge >= 0.3 is 6.18 Å². The predicted octanol–water partition coefficient (Wildman–Crippen LogP) is 14.7. The molecule has 0 N–H and O–H groups in total. The molecule has 0 saturated heterocycles. The quantitative estimate of drug-likeness (QED) is 0.163. The van der Waals surface area contributed by atoms with E-state index >= 15 is 0 Å². The highest BCUT2D eigenvalue weighted by Gasteiger charge is 2.35. The molecule has 10 aromatic rings. The molecular weight excluding hydrogens is 654 g/mol. The molecule has 9 aromatic carbocycles. The standard InChI is InChI=1S/C47H27F3S/c48-47(49,50)46-38-20-10-8-18-36(38)44(37-19-9-11-21-39(37)46)29-23-25-41-40(26-29)31-24-22-30(27-42(31)51-41)45-34-16-6-4-14-32(34)43(28-12-2-1-3-13-28)33-15-5-7-17-35(33)45/h1-27H. The molecule has 242 valence electrons. The van der Waals surface area contributed by atoms with Gasteiger partial charge in [0.2, 0.25) is 0 Å². The molecule has 51 heavy (non-hydrogen) atoms. The van der Waals surface area contributed by atoms with Gasteiger partial charge < -0.3 is 0 Å². The molecule has 1 heterocycles. The second-order valence-corrected chi connectivity index (χ2v) is 14.2. The van der Waals surface area contributed by atoms with Crippen molar-refractivity contribution in [3.63, 3.8) is 0 Å². The van der Waals surface area contributed by atoms with E-state index in [4.69, 9.17) is 0 Å². The Hall–Kier alpha value is -5.97. The SMILES string of the molecule is FC(F)(F)c1c2ccccc2c(-c2ccc3sc4cc(-c5c6ccccc6c(-c6ccccc6)c6ccccc56)ccc4c3c2)c2ccccc12. The summed E-state index contributed by atoms with van der Waals surface area (Å²) in [6, 6.07) is 54.9. The maximum absolute atomic E-state index is 14.5. The molecule has 0 bridgehead atoms. The van der Waals surface area contributed by atoms with Crippen LogP contribution in [0.3, 0.4) is 0 Å². The molecule has 0 radical (unpaired) electrons. The maximum Gasteiger partial charge on any atom is 0.417 e. The molecule has 0 aliphatic carbocycles. The lowest BCUT2D eigenvalue weighted by Crippen LogP contribution is -2.07. The molecule has 0 saturated carbocycles. The van der Waals surface area contributed by atoms with Crippen LogP contribution in [0.2, 0.25) is 0 Å². The summed E-state index contributed by atoms with van der Waals surface area (Å²) in [7, 11) is 0. The van der Waals surface area contributed by atoms with Crippen molar-refractivity contribution in [2.45, 2.75) is 6.18 Å². The van der Waals surface area contributed by atoms with E-state index in [-0.39, 0.29) is 10.8 Å². The van der Waals surface area contributed by atoms with Crippen molar-refractivity contribution in [1.29, 1.82) is 0 Å². The van der Waals surface area contributed by atoms with E-state index < -0.39 is 11.7 Å². The van der Waals surface area contributed by atoms with Crippen LogP contribution in [-0.2, 0) is 6.18 Å². The Bertz CT molecular complexity index is 2890. The summed E-state index contributed by atoms with van der Waals surface area (Å²) in [6.07, 6.45) is -4.48. The normalized spacial score (nSPS) is 12.2. The van der Waals surface area contributed by atoms with Gasteiger partial charge in [-0.2, -0.15) is 13.2 Å². The summed E-state index contributed by atoms with van der Waals surface area (Å²) >= 11 is 1.75. The van der Waals surface area contributed by atoms with Gasteiger partial charge in [-0.05, 0) is 94.7 Å². The molecule has 4 heteroatoms. The number of rotatable bonds is 3. The maximum atomic E-state index is 14.5. The summed E-state index contributed by atoms with van der Waals surface area (Å²) in [4.78, 5) is 0. The van der Waals surface area contributed by atoms with E-state index in [1.54, 1.807) is 35.6 Å². The van der Waals surface area contributed by atoms with E-state index in [0.29, 0.717) is 10.8 Å². The van der Waals surface area contributed by atoms with Gasteiger partial charge in [0.25, 0.3) is 0 Å². The topological polar surface area (TPSA) is 0 Å². The number of hydrogen-bond acceptors (Lipinski definition) is 1. The summed E-state index contributed by atoms with van der Waals surface area (Å²) in [5.41, 5.74) is 5.95. The predicted molar refractivity (Wildman–Crippen MR) is 211 cm³/mol. The largest absolute Gasteiger partial charge is 0.417 e. The van der Waals surface area contributed by atoms with Crippen LogP contribution in [0.1, 0.15) is 5.56 Å². The summed E-state index contributed by atoms with van der Waals surface area (Å²) in [5.74, 6) is 0. The van der Waals surface area contributed by atoms with Crippen molar-refractivity contribution >= 4 is 74.6 Å². The Morgan fingerprint density at radius 3 is 1.24 bits per heavy atom. The van der Waals surface area contributed by atoms with Crippen molar-refractivity contribution in [1.82, 2.24) is 0 Å². The minimum Gasteiger partial charge on any atom is -0.166 e. The minimum atomic E-state index is -4.48. The van der Waals surface area contributed by atoms with Gasteiger partial charge in [-0.15, -0.1) is 11.3 Å². The van der Waals surface area contributed by atoms with Crippen molar-refractivity contribution in [2.24, 2.45) is 0 Å².